The first-order valence-electron chi connectivity index (χ1n) is 5.86. The van der Waals surface area contributed by atoms with Gasteiger partial charge < -0.3 is 10.4 Å². The molecule has 0 saturated carbocycles. The van der Waals surface area contributed by atoms with Crippen molar-refractivity contribution in [3.05, 3.63) is 23.9 Å². The van der Waals surface area contributed by atoms with E-state index in [1.165, 1.54) is 6.07 Å². The number of aromatic nitrogens is 1. The van der Waals surface area contributed by atoms with Crippen molar-refractivity contribution in [2.45, 2.75) is 13.3 Å². The Hall–Kier alpha value is -1.67. The number of sulfonamides is 1. The summed E-state index contributed by atoms with van der Waals surface area (Å²) in [5.41, 5.74) is -0.0308. The lowest BCUT2D eigenvalue weighted by molar-refractivity contribution is 0.0690. The third-order valence-corrected chi connectivity index (χ3v) is 3.73. The molecule has 0 aliphatic heterocycles. The van der Waals surface area contributed by atoms with Crippen molar-refractivity contribution in [3.8, 4) is 0 Å². The summed E-state index contributed by atoms with van der Waals surface area (Å²) >= 11 is 0. The van der Waals surface area contributed by atoms with Crippen LogP contribution in [0.3, 0.4) is 0 Å². The van der Waals surface area contributed by atoms with Crippen LogP contribution in [0.25, 0.3) is 0 Å². The highest BCUT2D eigenvalue weighted by molar-refractivity contribution is 7.89. The predicted octanol–water partition coefficient (Wildman–Crippen LogP) is 0.521. The zero-order valence-electron chi connectivity index (χ0n) is 10.6. The fourth-order valence-corrected chi connectivity index (χ4v) is 1.95. The summed E-state index contributed by atoms with van der Waals surface area (Å²) in [5, 5.41) is 11.7. The van der Waals surface area contributed by atoms with Crippen LogP contribution in [0.2, 0.25) is 0 Å². The summed E-state index contributed by atoms with van der Waals surface area (Å²) in [6, 6.07) is 4.66. The Morgan fingerprint density at radius 1 is 1.37 bits per heavy atom. The first-order chi connectivity index (χ1) is 8.94. The Bertz CT molecular complexity index is 530. The molecule has 7 nitrogen and oxygen atoms in total. The molecule has 0 fully saturated rings. The molecule has 1 rings (SSSR count). The summed E-state index contributed by atoms with van der Waals surface area (Å²) in [7, 11) is -3.15. The van der Waals surface area contributed by atoms with Gasteiger partial charge in [0.1, 0.15) is 5.82 Å². The summed E-state index contributed by atoms with van der Waals surface area (Å²) in [4.78, 5) is 14.6. The van der Waals surface area contributed by atoms with E-state index in [9.17, 15) is 13.2 Å². The Morgan fingerprint density at radius 3 is 2.74 bits per heavy atom. The summed E-state index contributed by atoms with van der Waals surface area (Å²) < 4.78 is 24.7. The van der Waals surface area contributed by atoms with Crippen molar-refractivity contribution in [2.24, 2.45) is 0 Å². The number of carboxylic acid groups (broad SMARTS) is 1. The molecule has 0 atom stereocenters. The number of hydrogen-bond acceptors (Lipinski definition) is 5. The molecule has 0 aromatic carbocycles. The first-order valence-corrected chi connectivity index (χ1v) is 7.51. The van der Waals surface area contributed by atoms with Gasteiger partial charge in [-0.1, -0.05) is 6.07 Å². The van der Waals surface area contributed by atoms with E-state index in [1.54, 1.807) is 19.1 Å². The highest BCUT2D eigenvalue weighted by Crippen LogP contribution is 2.04. The number of rotatable bonds is 8. The van der Waals surface area contributed by atoms with Crippen LogP contribution in [0.1, 0.15) is 23.8 Å². The number of nitrogens with zero attached hydrogens (tertiary/aromatic N) is 1. The second kappa shape index (κ2) is 7.05. The van der Waals surface area contributed by atoms with Gasteiger partial charge in [0.05, 0.1) is 5.75 Å². The fourth-order valence-electron chi connectivity index (χ4n) is 1.29. The third-order valence-electron chi connectivity index (χ3n) is 2.33. The van der Waals surface area contributed by atoms with Gasteiger partial charge in [-0.15, -0.1) is 0 Å². The van der Waals surface area contributed by atoms with Crippen LogP contribution >= 0.6 is 0 Å². The molecular formula is C11H17N3O4S. The molecule has 0 spiro atoms. The van der Waals surface area contributed by atoms with Gasteiger partial charge in [0, 0.05) is 13.1 Å². The Kier molecular flexibility index (Phi) is 5.71. The molecule has 0 saturated heterocycles. The molecule has 0 unspecified atom stereocenters. The van der Waals surface area contributed by atoms with Gasteiger partial charge in [-0.2, -0.15) is 0 Å². The quantitative estimate of drug-likeness (QED) is 0.602. The number of carboxylic acids is 1. The molecule has 3 N–H and O–H groups in total. The minimum Gasteiger partial charge on any atom is -0.477 e. The second-order valence-corrected chi connectivity index (χ2v) is 5.89. The average molecular weight is 287 g/mol. The van der Waals surface area contributed by atoms with Crippen molar-refractivity contribution in [3.63, 3.8) is 0 Å². The molecule has 1 aromatic heterocycles. The molecule has 19 heavy (non-hydrogen) atoms. The number of nitrogens with one attached hydrogen (secondary N) is 2. The maximum absolute atomic E-state index is 11.1. The number of pyridine rings is 1. The molecule has 1 heterocycles. The molecule has 0 bridgehead atoms. The van der Waals surface area contributed by atoms with E-state index < -0.39 is 16.0 Å². The van der Waals surface area contributed by atoms with Crippen molar-refractivity contribution >= 4 is 21.8 Å². The summed E-state index contributed by atoms with van der Waals surface area (Å²) in [6.45, 7) is 2.41. The van der Waals surface area contributed by atoms with Crippen LogP contribution in [-0.2, 0) is 10.0 Å². The van der Waals surface area contributed by atoms with Gasteiger partial charge in [-0.05, 0) is 25.5 Å². The highest BCUT2D eigenvalue weighted by Gasteiger charge is 2.06. The maximum atomic E-state index is 11.1. The van der Waals surface area contributed by atoms with Crippen molar-refractivity contribution in [2.75, 3.05) is 24.2 Å². The van der Waals surface area contributed by atoms with Crippen molar-refractivity contribution < 1.29 is 18.3 Å². The van der Waals surface area contributed by atoms with E-state index in [0.717, 1.165) is 0 Å². The molecule has 0 aliphatic rings. The van der Waals surface area contributed by atoms with Crippen LogP contribution in [-0.4, -0.2) is 43.3 Å². The van der Waals surface area contributed by atoms with E-state index in [0.29, 0.717) is 25.3 Å². The number of anilines is 1. The minimum atomic E-state index is -3.15. The zero-order chi connectivity index (χ0) is 14.3. The van der Waals surface area contributed by atoms with Crippen LogP contribution in [0.4, 0.5) is 5.82 Å². The largest absolute Gasteiger partial charge is 0.477 e. The Labute approximate surface area is 112 Å². The van der Waals surface area contributed by atoms with Gasteiger partial charge in [-0.3, -0.25) is 0 Å². The average Bonchev–Trinajstić information content (AvgIpc) is 2.38. The standard InChI is InChI=1S/C11H17N3O4S/c1-2-19(17,18)13-8-4-7-12-10-6-3-5-9(14-10)11(15)16/h3,5-6,13H,2,4,7-8H2,1H3,(H,12,14)(H,15,16). The van der Waals surface area contributed by atoms with E-state index in [2.05, 4.69) is 15.0 Å². The van der Waals surface area contributed by atoms with E-state index in [-0.39, 0.29) is 11.4 Å². The smallest absolute Gasteiger partial charge is 0.354 e. The monoisotopic (exact) mass is 287 g/mol. The van der Waals surface area contributed by atoms with Gasteiger partial charge in [0.25, 0.3) is 0 Å². The molecule has 0 aliphatic carbocycles. The van der Waals surface area contributed by atoms with E-state index >= 15 is 0 Å². The van der Waals surface area contributed by atoms with E-state index in [1.807, 2.05) is 0 Å². The second-order valence-electron chi connectivity index (χ2n) is 3.79. The highest BCUT2D eigenvalue weighted by atomic mass is 32.2. The lowest BCUT2D eigenvalue weighted by Gasteiger charge is -2.07. The molecule has 0 amide bonds. The van der Waals surface area contributed by atoms with Gasteiger partial charge >= 0.3 is 5.97 Å². The van der Waals surface area contributed by atoms with Crippen LogP contribution < -0.4 is 10.0 Å². The van der Waals surface area contributed by atoms with Crippen LogP contribution in [0.15, 0.2) is 18.2 Å². The molecular weight excluding hydrogens is 270 g/mol. The molecule has 1 aromatic rings. The van der Waals surface area contributed by atoms with Gasteiger partial charge in [0.15, 0.2) is 5.69 Å². The molecule has 0 radical (unpaired) electrons. The normalized spacial score (nSPS) is 11.2. The van der Waals surface area contributed by atoms with Crippen molar-refractivity contribution in [1.29, 1.82) is 0 Å². The predicted molar refractivity (Wildman–Crippen MR) is 71.8 cm³/mol. The summed E-state index contributed by atoms with van der Waals surface area (Å²) in [5.74, 6) is -0.569. The van der Waals surface area contributed by atoms with Crippen LogP contribution in [0.5, 0.6) is 0 Å². The Morgan fingerprint density at radius 2 is 2.11 bits per heavy atom. The van der Waals surface area contributed by atoms with Gasteiger partial charge in [-0.25, -0.2) is 22.9 Å². The van der Waals surface area contributed by atoms with Crippen LogP contribution in [0, 0.1) is 0 Å². The SMILES string of the molecule is CCS(=O)(=O)NCCCNc1cccc(C(=O)O)n1. The third kappa shape index (κ3) is 5.66. The lowest BCUT2D eigenvalue weighted by Crippen LogP contribution is -2.27. The topological polar surface area (TPSA) is 108 Å². The number of aromatic carboxylic acids is 1. The first kappa shape index (κ1) is 15.4. The van der Waals surface area contributed by atoms with E-state index in [4.69, 9.17) is 5.11 Å². The zero-order valence-corrected chi connectivity index (χ0v) is 11.4. The molecule has 106 valence electrons. The number of carbonyl (C=O) groups is 1. The number of hydrogen-bond donors (Lipinski definition) is 3. The van der Waals surface area contributed by atoms with Crippen molar-refractivity contribution in [1.82, 2.24) is 9.71 Å². The minimum absolute atomic E-state index is 0.0308. The Balaban J connectivity index is 2.34. The maximum Gasteiger partial charge on any atom is 0.354 e. The lowest BCUT2D eigenvalue weighted by atomic mass is 10.3. The fraction of sp³-hybridized carbons (Fsp3) is 0.455. The van der Waals surface area contributed by atoms with Gasteiger partial charge in [0.2, 0.25) is 10.0 Å². The molecule has 8 heteroatoms. The summed E-state index contributed by atoms with van der Waals surface area (Å²) in [6.07, 6.45) is 0.582.